The molecule has 0 heterocycles. The molecule has 0 aromatic heterocycles. The van der Waals surface area contributed by atoms with Gasteiger partial charge in [-0.3, -0.25) is 0 Å². The molecule has 0 unspecified atom stereocenters. The van der Waals surface area contributed by atoms with Crippen LogP contribution in [0.15, 0.2) is 42.1 Å². The second kappa shape index (κ2) is 5.25. The molecular weight excluding hydrogens is 270 g/mol. The highest BCUT2D eigenvalue weighted by atomic mass is 15.0. The molecule has 0 bridgehead atoms. The van der Waals surface area contributed by atoms with Gasteiger partial charge in [0.25, 0.3) is 0 Å². The first kappa shape index (κ1) is 14.8. The Morgan fingerprint density at radius 1 is 1.18 bits per heavy atom. The van der Waals surface area contributed by atoms with Crippen molar-refractivity contribution >= 4 is 22.1 Å². The summed E-state index contributed by atoms with van der Waals surface area (Å²) < 4.78 is 0. The molecule has 1 saturated carbocycles. The molecule has 2 aromatic rings. The van der Waals surface area contributed by atoms with Crippen molar-refractivity contribution in [3.05, 3.63) is 53.2 Å². The lowest BCUT2D eigenvalue weighted by Gasteiger charge is -2.20. The Kier molecular flexibility index (Phi) is 3.53. The predicted molar refractivity (Wildman–Crippen MR) is 94.1 cm³/mol. The number of fused-ring (bicyclic) bond motifs is 1. The normalized spacial score (nSPS) is 17.2. The Morgan fingerprint density at radius 2 is 1.86 bits per heavy atom. The Hall–Kier alpha value is -2.13. The summed E-state index contributed by atoms with van der Waals surface area (Å²) in [5.41, 5.74) is 10.5. The molecule has 0 atom stereocenters. The Balaban J connectivity index is 2.31. The number of hydrogen-bond acceptors (Lipinski definition) is 3. The van der Waals surface area contributed by atoms with Crippen LogP contribution >= 0.6 is 0 Å². The zero-order valence-corrected chi connectivity index (χ0v) is 13.5. The van der Waals surface area contributed by atoms with Gasteiger partial charge >= 0.3 is 0 Å². The summed E-state index contributed by atoms with van der Waals surface area (Å²) >= 11 is 0. The molecule has 3 nitrogen and oxygen atoms in total. The molecule has 0 aliphatic heterocycles. The van der Waals surface area contributed by atoms with Crippen molar-refractivity contribution < 1.29 is 0 Å². The topological polar surface area (TPSA) is 61.9 Å². The first-order valence-corrected chi connectivity index (χ1v) is 7.73. The standard InChI is InChI=1S/C19H23N3/c1-12(20)18(13(2)21)15-10-14-6-4-5-7-16(14)17(11-15)19(22-3)8-9-19/h4-7,10-11,20,22H,8-9,21H2,1-3H3/b18-13+,20-12?. The number of benzene rings is 2. The van der Waals surface area contributed by atoms with E-state index in [1.165, 1.54) is 16.3 Å². The maximum atomic E-state index is 8.06. The highest BCUT2D eigenvalue weighted by molar-refractivity contribution is 6.22. The number of allylic oxidation sites excluding steroid dienone is 2. The van der Waals surface area contributed by atoms with Gasteiger partial charge in [0.15, 0.2) is 0 Å². The summed E-state index contributed by atoms with van der Waals surface area (Å²) in [5.74, 6) is 0. The highest BCUT2D eigenvalue weighted by Crippen LogP contribution is 2.48. The van der Waals surface area contributed by atoms with E-state index in [1.54, 1.807) is 6.92 Å². The number of nitrogens with one attached hydrogen (secondary N) is 2. The SMILES string of the molecule is CNC1(c2cc(/C(C(C)=N)=C(\C)N)cc3ccccc23)CC1. The Bertz CT molecular complexity index is 778. The lowest BCUT2D eigenvalue weighted by molar-refractivity contribution is 0.590. The molecule has 2 aromatic carbocycles. The minimum Gasteiger partial charge on any atom is -0.402 e. The fourth-order valence-corrected chi connectivity index (χ4v) is 3.37. The van der Waals surface area contributed by atoms with E-state index in [2.05, 4.69) is 41.7 Å². The second-order valence-corrected chi connectivity index (χ2v) is 6.26. The van der Waals surface area contributed by atoms with E-state index in [0.717, 1.165) is 24.0 Å². The number of nitrogens with two attached hydrogens (primary N) is 1. The zero-order chi connectivity index (χ0) is 15.9. The van der Waals surface area contributed by atoms with Crippen molar-refractivity contribution in [3.63, 3.8) is 0 Å². The number of rotatable bonds is 4. The average molecular weight is 293 g/mol. The fraction of sp³-hybridized carbons (Fsp3) is 0.316. The summed E-state index contributed by atoms with van der Waals surface area (Å²) in [5, 5.41) is 14.0. The van der Waals surface area contributed by atoms with Gasteiger partial charge in [-0.1, -0.05) is 24.3 Å². The van der Waals surface area contributed by atoms with Crippen LogP contribution in [0.25, 0.3) is 16.3 Å². The molecular formula is C19H23N3. The molecule has 1 fully saturated rings. The lowest BCUT2D eigenvalue weighted by atomic mass is 9.90. The van der Waals surface area contributed by atoms with Crippen molar-refractivity contribution in [2.45, 2.75) is 32.2 Å². The average Bonchev–Trinajstić information content (AvgIpc) is 3.26. The van der Waals surface area contributed by atoms with Crippen LogP contribution in [0.1, 0.15) is 37.8 Å². The molecule has 0 radical (unpaired) electrons. The maximum absolute atomic E-state index is 8.06. The highest BCUT2D eigenvalue weighted by Gasteiger charge is 2.43. The van der Waals surface area contributed by atoms with E-state index in [0.29, 0.717) is 11.4 Å². The summed E-state index contributed by atoms with van der Waals surface area (Å²) in [6, 6.07) is 12.8. The molecule has 4 N–H and O–H groups in total. The molecule has 22 heavy (non-hydrogen) atoms. The van der Waals surface area contributed by atoms with Gasteiger partial charge in [-0.2, -0.15) is 0 Å². The van der Waals surface area contributed by atoms with E-state index < -0.39 is 0 Å². The van der Waals surface area contributed by atoms with E-state index in [4.69, 9.17) is 11.1 Å². The lowest BCUT2D eigenvalue weighted by Crippen LogP contribution is -2.25. The Labute approximate surface area is 131 Å². The van der Waals surface area contributed by atoms with Gasteiger partial charge in [-0.15, -0.1) is 0 Å². The van der Waals surface area contributed by atoms with Crippen molar-refractivity contribution in [1.82, 2.24) is 5.32 Å². The van der Waals surface area contributed by atoms with Crippen molar-refractivity contribution in [3.8, 4) is 0 Å². The molecule has 3 heteroatoms. The van der Waals surface area contributed by atoms with Crippen LogP contribution in [0.5, 0.6) is 0 Å². The van der Waals surface area contributed by atoms with Crippen molar-refractivity contribution in [2.24, 2.45) is 5.73 Å². The van der Waals surface area contributed by atoms with Gasteiger partial charge in [0.1, 0.15) is 0 Å². The van der Waals surface area contributed by atoms with Crippen LogP contribution in [0.2, 0.25) is 0 Å². The molecule has 114 valence electrons. The first-order chi connectivity index (χ1) is 10.5. The Morgan fingerprint density at radius 3 is 2.41 bits per heavy atom. The van der Waals surface area contributed by atoms with E-state index in [9.17, 15) is 0 Å². The van der Waals surface area contributed by atoms with Gasteiger partial charge < -0.3 is 16.5 Å². The van der Waals surface area contributed by atoms with Crippen LogP contribution in [0, 0.1) is 5.41 Å². The van der Waals surface area contributed by atoms with Crippen LogP contribution in [-0.4, -0.2) is 12.8 Å². The van der Waals surface area contributed by atoms with Gasteiger partial charge in [0.2, 0.25) is 0 Å². The van der Waals surface area contributed by atoms with E-state index in [1.807, 2.05) is 14.0 Å². The summed E-state index contributed by atoms with van der Waals surface area (Å²) in [4.78, 5) is 0. The summed E-state index contributed by atoms with van der Waals surface area (Å²) in [6.45, 7) is 3.67. The first-order valence-electron chi connectivity index (χ1n) is 7.73. The summed E-state index contributed by atoms with van der Waals surface area (Å²) in [7, 11) is 2.03. The zero-order valence-electron chi connectivity index (χ0n) is 13.5. The quantitative estimate of drug-likeness (QED) is 0.751. The minimum absolute atomic E-state index is 0.0825. The van der Waals surface area contributed by atoms with Crippen LogP contribution in [-0.2, 0) is 5.54 Å². The van der Waals surface area contributed by atoms with Crippen LogP contribution < -0.4 is 11.1 Å². The summed E-state index contributed by atoms with van der Waals surface area (Å²) in [6.07, 6.45) is 2.31. The third-order valence-corrected chi connectivity index (χ3v) is 4.66. The fourth-order valence-electron chi connectivity index (χ4n) is 3.37. The van der Waals surface area contributed by atoms with Crippen molar-refractivity contribution in [2.75, 3.05) is 7.05 Å². The minimum atomic E-state index is 0.0825. The van der Waals surface area contributed by atoms with E-state index in [-0.39, 0.29) is 5.54 Å². The molecule has 3 rings (SSSR count). The predicted octanol–water partition coefficient (Wildman–Crippen LogP) is 3.78. The molecule has 0 saturated heterocycles. The smallest absolute Gasteiger partial charge is 0.0440 e. The van der Waals surface area contributed by atoms with Crippen LogP contribution in [0.4, 0.5) is 0 Å². The van der Waals surface area contributed by atoms with Crippen LogP contribution in [0.3, 0.4) is 0 Å². The van der Waals surface area contributed by atoms with Gasteiger partial charge in [-0.05, 0) is 67.8 Å². The third-order valence-electron chi connectivity index (χ3n) is 4.66. The van der Waals surface area contributed by atoms with Gasteiger partial charge in [-0.25, -0.2) is 0 Å². The second-order valence-electron chi connectivity index (χ2n) is 6.26. The molecule has 1 aliphatic rings. The molecule has 0 amide bonds. The maximum Gasteiger partial charge on any atom is 0.0440 e. The van der Waals surface area contributed by atoms with Gasteiger partial charge in [0.05, 0.1) is 0 Å². The number of hydrogen-bond donors (Lipinski definition) is 3. The largest absolute Gasteiger partial charge is 0.402 e. The van der Waals surface area contributed by atoms with Gasteiger partial charge in [0, 0.05) is 22.5 Å². The monoisotopic (exact) mass is 293 g/mol. The molecule has 1 aliphatic carbocycles. The third kappa shape index (κ3) is 2.32. The van der Waals surface area contributed by atoms with Crippen molar-refractivity contribution in [1.29, 1.82) is 5.41 Å². The van der Waals surface area contributed by atoms with E-state index >= 15 is 0 Å². The molecule has 0 spiro atoms.